The number of carbonyl (C=O) groups excluding carboxylic acids is 2. The second-order valence-corrected chi connectivity index (χ2v) is 11.9. The summed E-state index contributed by atoms with van der Waals surface area (Å²) in [5, 5.41) is 2.85. The number of sulfonamides is 1. The highest BCUT2D eigenvalue weighted by molar-refractivity contribution is 9.10. The molecule has 0 aliphatic carbocycles. The lowest BCUT2D eigenvalue weighted by atomic mass is 10.1. The third kappa shape index (κ3) is 7.42. The summed E-state index contributed by atoms with van der Waals surface area (Å²) in [6, 6.07) is 21.5. The molecule has 0 spiro atoms. The van der Waals surface area contributed by atoms with E-state index in [1.165, 1.54) is 17.0 Å². The lowest BCUT2D eigenvalue weighted by Crippen LogP contribution is -2.52. The first-order chi connectivity index (χ1) is 17.5. The van der Waals surface area contributed by atoms with Crippen LogP contribution in [0.15, 0.2) is 88.2 Å². The molecule has 7 nitrogen and oxygen atoms in total. The van der Waals surface area contributed by atoms with Gasteiger partial charge in [0, 0.05) is 17.1 Å². The van der Waals surface area contributed by atoms with Crippen LogP contribution in [0.1, 0.15) is 31.9 Å². The van der Waals surface area contributed by atoms with E-state index in [0.29, 0.717) is 10.2 Å². The number of halogens is 1. The average Bonchev–Trinajstić information content (AvgIpc) is 2.85. The molecule has 0 heterocycles. The fourth-order valence-corrected chi connectivity index (χ4v) is 5.69. The van der Waals surface area contributed by atoms with Crippen molar-refractivity contribution in [3.8, 4) is 0 Å². The number of hydrogen-bond donors (Lipinski definition) is 1. The second kappa shape index (κ2) is 12.4. The zero-order valence-corrected chi connectivity index (χ0v) is 23.8. The molecule has 9 heteroatoms. The van der Waals surface area contributed by atoms with Gasteiger partial charge in [-0.25, -0.2) is 8.42 Å². The van der Waals surface area contributed by atoms with Gasteiger partial charge in [-0.1, -0.05) is 70.0 Å². The minimum atomic E-state index is -4.08. The summed E-state index contributed by atoms with van der Waals surface area (Å²) in [7, 11) is -4.08. The highest BCUT2D eigenvalue weighted by Gasteiger charge is 2.32. The van der Waals surface area contributed by atoms with Crippen LogP contribution in [0.2, 0.25) is 0 Å². The van der Waals surface area contributed by atoms with Crippen molar-refractivity contribution in [2.24, 2.45) is 0 Å². The van der Waals surface area contributed by atoms with Gasteiger partial charge in [-0.3, -0.25) is 13.9 Å². The molecule has 0 radical (unpaired) electrons. The number of anilines is 1. The van der Waals surface area contributed by atoms with Gasteiger partial charge in [0.2, 0.25) is 11.8 Å². The topological polar surface area (TPSA) is 86.8 Å². The third-order valence-corrected chi connectivity index (χ3v) is 8.02. The Labute approximate surface area is 227 Å². The number of nitrogens with one attached hydrogen (secondary N) is 1. The third-order valence-electron chi connectivity index (χ3n) is 5.74. The smallest absolute Gasteiger partial charge is 0.264 e. The van der Waals surface area contributed by atoms with Crippen LogP contribution in [0, 0.1) is 6.92 Å². The van der Waals surface area contributed by atoms with Crippen LogP contribution in [-0.2, 0) is 26.2 Å². The maximum atomic E-state index is 13.8. The molecule has 37 heavy (non-hydrogen) atoms. The van der Waals surface area contributed by atoms with Crippen LogP contribution >= 0.6 is 15.9 Å². The fraction of sp³-hybridized carbons (Fsp3) is 0.286. The van der Waals surface area contributed by atoms with E-state index in [9.17, 15) is 18.0 Å². The number of carbonyl (C=O) groups is 2. The summed E-state index contributed by atoms with van der Waals surface area (Å²) < 4.78 is 29.2. The van der Waals surface area contributed by atoms with E-state index in [2.05, 4.69) is 21.2 Å². The molecular formula is C28H32BrN3O4S. The first-order valence-electron chi connectivity index (χ1n) is 12.0. The molecule has 1 N–H and O–H groups in total. The Bertz CT molecular complexity index is 1350. The van der Waals surface area contributed by atoms with Gasteiger partial charge in [0.25, 0.3) is 10.0 Å². The van der Waals surface area contributed by atoms with Crippen molar-refractivity contribution in [2.75, 3.05) is 10.8 Å². The Hall–Kier alpha value is -3.17. The molecule has 0 fully saturated rings. The van der Waals surface area contributed by atoms with Gasteiger partial charge < -0.3 is 10.2 Å². The highest BCUT2D eigenvalue weighted by atomic mass is 79.9. The molecule has 2 amide bonds. The molecule has 0 aliphatic heterocycles. The molecule has 0 aromatic heterocycles. The Morgan fingerprint density at radius 2 is 1.59 bits per heavy atom. The number of rotatable bonds is 10. The van der Waals surface area contributed by atoms with E-state index >= 15 is 0 Å². The van der Waals surface area contributed by atoms with Gasteiger partial charge in [0.05, 0.1) is 10.6 Å². The van der Waals surface area contributed by atoms with E-state index in [1.54, 1.807) is 49.4 Å². The second-order valence-electron chi connectivity index (χ2n) is 9.15. The molecule has 0 saturated carbocycles. The minimum absolute atomic E-state index is 0.0682. The summed E-state index contributed by atoms with van der Waals surface area (Å²) in [6.45, 7) is 6.98. The molecule has 0 saturated heterocycles. The first-order valence-corrected chi connectivity index (χ1v) is 14.2. The minimum Gasteiger partial charge on any atom is -0.352 e. The molecule has 0 bridgehead atoms. The highest BCUT2D eigenvalue weighted by Crippen LogP contribution is 2.27. The van der Waals surface area contributed by atoms with Crippen LogP contribution in [0.3, 0.4) is 0 Å². The SMILES string of the molecule is Cc1cccc(CN(C(=O)CN(c2cccc(Br)c2)S(=O)(=O)c2ccccc2)[C@@H](C)C(=O)NC(C)C)c1. The summed E-state index contributed by atoms with van der Waals surface area (Å²) in [5.41, 5.74) is 2.20. The predicted molar refractivity (Wildman–Crippen MR) is 150 cm³/mol. The molecule has 3 aromatic carbocycles. The van der Waals surface area contributed by atoms with Crippen molar-refractivity contribution >= 4 is 43.5 Å². The van der Waals surface area contributed by atoms with E-state index in [0.717, 1.165) is 15.4 Å². The van der Waals surface area contributed by atoms with Crippen molar-refractivity contribution < 1.29 is 18.0 Å². The van der Waals surface area contributed by atoms with Crippen molar-refractivity contribution in [2.45, 2.75) is 51.2 Å². The number of benzene rings is 3. The van der Waals surface area contributed by atoms with Crippen molar-refractivity contribution in [1.29, 1.82) is 0 Å². The van der Waals surface area contributed by atoms with E-state index in [1.807, 2.05) is 45.0 Å². The quantitative estimate of drug-likeness (QED) is 0.367. The Morgan fingerprint density at radius 3 is 2.22 bits per heavy atom. The van der Waals surface area contributed by atoms with Crippen molar-refractivity contribution in [3.63, 3.8) is 0 Å². The Balaban J connectivity index is 2.02. The molecule has 196 valence electrons. The van der Waals surface area contributed by atoms with Crippen molar-refractivity contribution in [3.05, 3.63) is 94.5 Å². The van der Waals surface area contributed by atoms with Crippen molar-refractivity contribution in [1.82, 2.24) is 10.2 Å². The zero-order valence-electron chi connectivity index (χ0n) is 21.4. The summed E-state index contributed by atoms with van der Waals surface area (Å²) in [6.07, 6.45) is 0. The normalized spacial score (nSPS) is 12.2. The Kier molecular flexibility index (Phi) is 9.50. The van der Waals surface area contributed by atoms with Gasteiger partial charge in [0.15, 0.2) is 0 Å². The van der Waals surface area contributed by atoms with Gasteiger partial charge >= 0.3 is 0 Å². The lowest BCUT2D eigenvalue weighted by Gasteiger charge is -2.32. The van der Waals surface area contributed by atoms with Gasteiger partial charge in [-0.15, -0.1) is 0 Å². The van der Waals surface area contributed by atoms with Gasteiger partial charge in [-0.05, 0) is 63.6 Å². The van der Waals surface area contributed by atoms with Crippen LogP contribution in [0.5, 0.6) is 0 Å². The lowest BCUT2D eigenvalue weighted by molar-refractivity contribution is -0.139. The van der Waals surface area contributed by atoms with E-state index in [-0.39, 0.29) is 23.4 Å². The number of hydrogen-bond acceptors (Lipinski definition) is 4. The van der Waals surface area contributed by atoms with Crippen LogP contribution < -0.4 is 9.62 Å². The summed E-state index contributed by atoms with van der Waals surface area (Å²) in [4.78, 5) is 28.3. The predicted octanol–water partition coefficient (Wildman–Crippen LogP) is 4.89. The van der Waals surface area contributed by atoms with Gasteiger partial charge in [0.1, 0.15) is 12.6 Å². The largest absolute Gasteiger partial charge is 0.352 e. The Morgan fingerprint density at radius 1 is 0.919 bits per heavy atom. The molecule has 0 aliphatic rings. The molecule has 3 aromatic rings. The average molecular weight is 587 g/mol. The van der Waals surface area contributed by atoms with Crippen LogP contribution in [0.4, 0.5) is 5.69 Å². The monoisotopic (exact) mass is 585 g/mol. The zero-order chi connectivity index (χ0) is 27.2. The first kappa shape index (κ1) is 28.4. The molecular weight excluding hydrogens is 554 g/mol. The number of nitrogens with zero attached hydrogens (tertiary/aromatic N) is 2. The molecule has 0 unspecified atom stereocenters. The summed E-state index contributed by atoms with van der Waals surface area (Å²) >= 11 is 3.39. The van der Waals surface area contributed by atoms with Crippen LogP contribution in [-0.4, -0.2) is 43.8 Å². The molecule has 1 atom stereocenters. The standard InChI is InChI=1S/C28H32BrN3O4S/c1-20(2)30-28(34)22(4)31(18-23-11-8-10-21(3)16-23)27(33)19-32(25-13-9-12-24(29)17-25)37(35,36)26-14-6-5-7-15-26/h5-17,20,22H,18-19H2,1-4H3,(H,30,34)/t22-/m0/s1. The van der Waals surface area contributed by atoms with Gasteiger partial charge in [-0.2, -0.15) is 0 Å². The maximum absolute atomic E-state index is 13.8. The number of aryl methyl sites for hydroxylation is 1. The van der Waals surface area contributed by atoms with Crippen LogP contribution in [0.25, 0.3) is 0 Å². The summed E-state index contributed by atoms with van der Waals surface area (Å²) in [5.74, 6) is -0.802. The maximum Gasteiger partial charge on any atom is 0.264 e. The molecule has 3 rings (SSSR count). The van der Waals surface area contributed by atoms with E-state index < -0.39 is 28.5 Å². The number of amides is 2. The fourth-order valence-electron chi connectivity index (χ4n) is 3.87. The van der Waals surface area contributed by atoms with E-state index in [4.69, 9.17) is 0 Å².